The lowest BCUT2D eigenvalue weighted by molar-refractivity contribution is -0.141. The Morgan fingerprint density at radius 2 is 1.94 bits per heavy atom. The van der Waals surface area contributed by atoms with E-state index in [-0.39, 0.29) is 18.1 Å². The van der Waals surface area contributed by atoms with Gasteiger partial charge in [-0.25, -0.2) is 4.98 Å². The number of nitrogens with zero attached hydrogens (tertiary/aromatic N) is 3. The number of ether oxygens (including phenoxy) is 1. The van der Waals surface area contributed by atoms with Crippen molar-refractivity contribution >= 4 is 11.7 Å². The van der Waals surface area contributed by atoms with Gasteiger partial charge in [0.05, 0.1) is 18.2 Å². The first kappa shape index (κ1) is 23.5. The van der Waals surface area contributed by atoms with Gasteiger partial charge in [0, 0.05) is 25.4 Å². The van der Waals surface area contributed by atoms with Gasteiger partial charge in [0.1, 0.15) is 23.4 Å². The van der Waals surface area contributed by atoms with Crippen molar-refractivity contribution in [3.8, 4) is 5.75 Å². The summed E-state index contributed by atoms with van der Waals surface area (Å²) >= 11 is 0. The number of aromatic nitrogens is 2. The monoisotopic (exact) mass is 470 g/mol. The van der Waals surface area contributed by atoms with Gasteiger partial charge in [0.2, 0.25) is 0 Å². The van der Waals surface area contributed by atoms with E-state index in [1.807, 2.05) is 38.1 Å². The number of hydrogen-bond acceptors (Lipinski definition) is 5. The number of amides is 1. The Bertz CT molecular complexity index is 1150. The highest BCUT2D eigenvalue weighted by Gasteiger charge is 2.33. The molecule has 4 rings (SSSR count). The molecule has 1 aliphatic heterocycles. The maximum absolute atomic E-state index is 12.9. The molecule has 0 radical (unpaired) electrons. The Morgan fingerprint density at radius 1 is 1.18 bits per heavy atom. The number of pyridine rings is 2. The third kappa shape index (κ3) is 5.65. The van der Waals surface area contributed by atoms with Gasteiger partial charge in [-0.1, -0.05) is 18.2 Å². The highest BCUT2D eigenvalue weighted by atomic mass is 19.4. The minimum absolute atomic E-state index is 0.159. The first-order valence-electron chi connectivity index (χ1n) is 11.0. The summed E-state index contributed by atoms with van der Waals surface area (Å²) in [5, 5.41) is 2.96. The number of aryl methyl sites for hydroxylation is 1. The smallest absolute Gasteiger partial charge is 0.433 e. The molecule has 34 heavy (non-hydrogen) atoms. The molecule has 0 aliphatic carbocycles. The molecule has 1 N–H and O–H groups in total. The molecule has 1 fully saturated rings. The van der Waals surface area contributed by atoms with Crippen LogP contribution in [0.2, 0.25) is 0 Å². The van der Waals surface area contributed by atoms with Crippen LogP contribution in [-0.2, 0) is 6.18 Å². The molecular formula is C25H25F3N4O2. The summed E-state index contributed by atoms with van der Waals surface area (Å²) in [5.74, 6) is 0.761. The van der Waals surface area contributed by atoms with Crippen molar-refractivity contribution in [1.82, 2.24) is 15.3 Å². The Hall–Kier alpha value is -3.62. The maximum Gasteiger partial charge on any atom is 0.433 e. The van der Waals surface area contributed by atoms with Crippen molar-refractivity contribution in [1.29, 1.82) is 0 Å². The molecule has 0 saturated carbocycles. The molecule has 2 atom stereocenters. The van der Waals surface area contributed by atoms with E-state index in [2.05, 4.69) is 15.3 Å². The zero-order valence-corrected chi connectivity index (χ0v) is 18.8. The van der Waals surface area contributed by atoms with E-state index in [1.54, 1.807) is 23.2 Å². The van der Waals surface area contributed by atoms with Crippen LogP contribution >= 0.6 is 0 Å². The number of benzene rings is 1. The second kappa shape index (κ2) is 9.70. The molecule has 1 aliphatic rings. The highest BCUT2D eigenvalue weighted by molar-refractivity contribution is 5.94. The molecule has 9 heteroatoms. The third-order valence-corrected chi connectivity index (χ3v) is 5.66. The van der Waals surface area contributed by atoms with Gasteiger partial charge < -0.3 is 15.0 Å². The van der Waals surface area contributed by atoms with Crippen LogP contribution in [-0.4, -0.2) is 35.1 Å². The summed E-state index contributed by atoms with van der Waals surface area (Å²) in [5.41, 5.74) is 1.44. The molecule has 3 aromatic rings. The second-order valence-electron chi connectivity index (χ2n) is 8.37. The minimum atomic E-state index is -4.47. The molecule has 1 saturated heterocycles. The standard InChI is InChI=1S/C25H25F3N4O2/c1-16-12-19(14-29-13-16)24(33)30-17(2)18-6-8-20(9-7-18)34-21-10-11-32(15-21)23-5-3-4-22(31-23)25(26,27)28/h3-9,12-14,17,21H,10-11,15H2,1-2H3,(H,30,33)/t17-,21+/m0/s1. The van der Waals surface area contributed by atoms with Gasteiger partial charge in [0.25, 0.3) is 5.91 Å². The predicted molar refractivity (Wildman–Crippen MR) is 122 cm³/mol. The largest absolute Gasteiger partial charge is 0.489 e. The average Bonchev–Trinajstić information content (AvgIpc) is 3.27. The molecule has 0 bridgehead atoms. The van der Waals surface area contributed by atoms with Gasteiger partial charge >= 0.3 is 6.18 Å². The average molecular weight is 470 g/mol. The summed E-state index contributed by atoms with van der Waals surface area (Å²) in [4.78, 5) is 22.1. The van der Waals surface area contributed by atoms with Crippen LogP contribution in [0.25, 0.3) is 0 Å². The van der Waals surface area contributed by atoms with Crippen LogP contribution in [0.1, 0.15) is 46.6 Å². The van der Waals surface area contributed by atoms with Gasteiger partial charge in [-0.15, -0.1) is 0 Å². The zero-order chi connectivity index (χ0) is 24.3. The number of alkyl halides is 3. The number of carbonyl (C=O) groups is 1. The van der Waals surface area contributed by atoms with Crippen LogP contribution in [0, 0.1) is 6.92 Å². The lowest BCUT2D eigenvalue weighted by Gasteiger charge is -2.19. The van der Waals surface area contributed by atoms with Crippen molar-refractivity contribution < 1.29 is 22.7 Å². The van der Waals surface area contributed by atoms with Crippen LogP contribution in [0.15, 0.2) is 60.9 Å². The molecule has 3 heterocycles. The predicted octanol–water partition coefficient (Wildman–Crippen LogP) is 4.95. The van der Waals surface area contributed by atoms with Crippen LogP contribution < -0.4 is 15.0 Å². The molecule has 2 aromatic heterocycles. The van der Waals surface area contributed by atoms with Gasteiger partial charge in [0.15, 0.2) is 0 Å². The first-order chi connectivity index (χ1) is 16.2. The molecule has 0 unspecified atom stereocenters. The number of nitrogens with one attached hydrogen (secondary N) is 1. The van der Waals surface area contributed by atoms with E-state index in [1.165, 1.54) is 12.3 Å². The highest BCUT2D eigenvalue weighted by Crippen LogP contribution is 2.30. The minimum Gasteiger partial charge on any atom is -0.489 e. The SMILES string of the molecule is Cc1cncc(C(=O)N[C@@H](C)c2ccc(O[C@@H]3CCN(c4cccc(C(F)(F)F)n4)C3)cc2)c1. The van der Waals surface area contributed by atoms with Gasteiger partial charge in [-0.2, -0.15) is 13.2 Å². The maximum atomic E-state index is 12.9. The quantitative estimate of drug-likeness (QED) is 0.552. The lowest BCUT2D eigenvalue weighted by atomic mass is 10.1. The fraction of sp³-hybridized carbons (Fsp3) is 0.320. The van der Waals surface area contributed by atoms with Crippen molar-refractivity contribution in [2.75, 3.05) is 18.0 Å². The molecule has 0 spiro atoms. The number of anilines is 1. The Labute approximate surface area is 195 Å². The Kier molecular flexibility index (Phi) is 6.72. The molecular weight excluding hydrogens is 445 g/mol. The Balaban J connectivity index is 1.33. The van der Waals surface area contributed by atoms with Gasteiger partial charge in [-0.05, 0) is 55.3 Å². The lowest BCUT2D eigenvalue weighted by Crippen LogP contribution is -2.27. The molecule has 6 nitrogen and oxygen atoms in total. The molecule has 178 valence electrons. The topological polar surface area (TPSA) is 67.3 Å². The number of carbonyl (C=O) groups excluding carboxylic acids is 1. The summed E-state index contributed by atoms with van der Waals surface area (Å²) in [6.45, 7) is 4.79. The number of rotatable bonds is 6. The third-order valence-electron chi connectivity index (χ3n) is 5.66. The first-order valence-corrected chi connectivity index (χ1v) is 11.0. The van der Waals surface area contributed by atoms with Crippen molar-refractivity contribution in [3.63, 3.8) is 0 Å². The van der Waals surface area contributed by atoms with E-state index in [4.69, 9.17) is 4.74 Å². The summed E-state index contributed by atoms with van der Waals surface area (Å²) in [6, 6.07) is 12.9. The van der Waals surface area contributed by atoms with E-state index in [0.29, 0.717) is 36.6 Å². The van der Waals surface area contributed by atoms with Crippen molar-refractivity contribution in [2.45, 2.75) is 38.6 Å². The second-order valence-corrected chi connectivity index (χ2v) is 8.37. The zero-order valence-electron chi connectivity index (χ0n) is 18.8. The fourth-order valence-corrected chi connectivity index (χ4v) is 3.86. The summed E-state index contributed by atoms with van der Waals surface area (Å²) < 4.78 is 44.9. The normalized spacial score (nSPS) is 16.9. The van der Waals surface area contributed by atoms with Gasteiger partial charge in [-0.3, -0.25) is 9.78 Å². The molecule has 1 aromatic carbocycles. The van der Waals surface area contributed by atoms with Crippen LogP contribution in [0.5, 0.6) is 5.75 Å². The number of halogens is 3. The number of hydrogen-bond donors (Lipinski definition) is 1. The van der Waals surface area contributed by atoms with Crippen LogP contribution in [0.3, 0.4) is 0 Å². The fourth-order valence-electron chi connectivity index (χ4n) is 3.86. The van der Waals surface area contributed by atoms with Crippen LogP contribution in [0.4, 0.5) is 19.0 Å². The summed E-state index contributed by atoms with van der Waals surface area (Å²) in [6.07, 6.45) is -0.727. The van der Waals surface area contributed by atoms with E-state index in [0.717, 1.165) is 17.2 Å². The summed E-state index contributed by atoms with van der Waals surface area (Å²) in [7, 11) is 0. The van der Waals surface area contributed by atoms with E-state index < -0.39 is 11.9 Å². The van der Waals surface area contributed by atoms with Crippen molar-refractivity contribution in [2.24, 2.45) is 0 Å². The Morgan fingerprint density at radius 3 is 2.65 bits per heavy atom. The van der Waals surface area contributed by atoms with E-state index >= 15 is 0 Å². The van der Waals surface area contributed by atoms with E-state index in [9.17, 15) is 18.0 Å². The van der Waals surface area contributed by atoms with Crippen molar-refractivity contribution in [3.05, 3.63) is 83.3 Å². The molecule has 1 amide bonds.